The van der Waals surface area contributed by atoms with Gasteiger partial charge in [-0.2, -0.15) is 0 Å². The van der Waals surface area contributed by atoms with Crippen LogP contribution in [0.25, 0.3) is 0 Å². The second-order valence-corrected chi connectivity index (χ2v) is 2.87. The van der Waals surface area contributed by atoms with Crippen molar-refractivity contribution < 1.29 is 4.79 Å². The van der Waals surface area contributed by atoms with E-state index in [0.29, 0.717) is 6.54 Å². The minimum absolute atomic E-state index is 0.149. The molecule has 0 unspecified atom stereocenters. The molecule has 4 nitrogen and oxygen atoms in total. The van der Waals surface area contributed by atoms with Crippen LogP contribution < -0.4 is 11.1 Å². The Bertz CT molecular complexity index is 271. The maximum atomic E-state index is 11.1. The molecule has 13 heavy (non-hydrogen) atoms. The highest BCUT2D eigenvalue weighted by Gasteiger charge is 2.05. The lowest BCUT2D eigenvalue weighted by atomic mass is 10.2. The van der Waals surface area contributed by atoms with Crippen molar-refractivity contribution in [1.82, 2.24) is 10.3 Å². The molecule has 3 N–H and O–H groups in total. The molecule has 0 aliphatic rings. The van der Waals surface area contributed by atoms with Crippen LogP contribution in [0.3, 0.4) is 0 Å². The number of amides is 1. The maximum absolute atomic E-state index is 11.1. The maximum Gasteiger partial charge on any atom is 0.236 e. The molecule has 0 saturated heterocycles. The molecule has 1 atom stereocenters. The number of aromatic nitrogens is 1. The summed E-state index contributed by atoms with van der Waals surface area (Å²) in [4.78, 5) is 15.0. The third kappa shape index (κ3) is 3.21. The molecule has 1 aromatic heterocycles. The Labute approximate surface area is 77.2 Å². The highest BCUT2D eigenvalue weighted by atomic mass is 16.2. The van der Waals surface area contributed by atoms with Gasteiger partial charge >= 0.3 is 0 Å². The summed E-state index contributed by atoms with van der Waals surface area (Å²) >= 11 is 0. The van der Waals surface area contributed by atoms with Gasteiger partial charge in [0.1, 0.15) is 0 Å². The van der Waals surface area contributed by atoms with E-state index in [9.17, 15) is 4.79 Å². The first-order valence-electron chi connectivity index (χ1n) is 4.12. The molecule has 0 saturated carbocycles. The van der Waals surface area contributed by atoms with E-state index in [0.717, 1.165) is 5.56 Å². The molecule has 4 heteroatoms. The van der Waals surface area contributed by atoms with Crippen molar-refractivity contribution in [3.05, 3.63) is 30.1 Å². The zero-order valence-electron chi connectivity index (χ0n) is 7.53. The van der Waals surface area contributed by atoms with Crippen LogP contribution in [0.4, 0.5) is 0 Å². The first-order chi connectivity index (χ1) is 6.20. The van der Waals surface area contributed by atoms with Crippen molar-refractivity contribution in [1.29, 1.82) is 0 Å². The smallest absolute Gasteiger partial charge is 0.236 e. The minimum Gasteiger partial charge on any atom is -0.351 e. The molecule has 70 valence electrons. The Morgan fingerprint density at radius 1 is 1.77 bits per heavy atom. The van der Waals surface area contributed by atoms with Crippen molar-refractivity contribution in [2.75, 3.05) is 0 Å². The fourth-order valence-electron chi connectivity index (χ4n) is 0.853. The molecule has 0 aromatic carbocycles. The lowest BCUT2D eigenvalue weighted by Gasteiger charge is -2.06. The SMILES string of the molecule is C[C@@H](N)C(=O)NCc1cccnc1. The molecule has 0 spiro atoms. The fraction of sp³-hybridized carbons (Fsp3) is 0.333. The van der Waals surface area contributed by atoms with Crippen molar-refractivity contribution in [3.63, 3.8) is 0 Å². The van der Waals surface area contributed by atoms with Gasteiger partial charge in [0.05, 0.1) is 6.04 Å². The van der Waals surface area contributed by atoms with Crippen LogP contribution in [-0.4, -0.2) is 16.9 Å². The Morgan fingerprint density at radius 2 is 2.54 bits per heavy atom. The zero-order valence-corrected chi connectivity index (χ0v) is 7.53. The number of hydrogen-bond acceptors (Lipinski definition) is 3. The Kier molecular flexibility index (Phi) is 3.40. The van der Waals surface area contributed by atoms with Gasteiger partial charge in [0.15, 0.2) is 0 Å². The van der Waals surface area contributed by atoms with E-state index in [4.69, 9.17) is 5.73 Å². The Morgan fingerprint density at radius 3 is 3.08 bits per heavy atom. The molecule has 1 aromatic rings. The number of carbonyl (C=O) groups excluding carboxylic acids is 1. The number of nitrogens with two attached hydrogens (primary N) is 1. The first kappa shape index (κ1) is 9.67. The molecule has 0 fully saturated rings. The van der Waals surface area contributed by atoms with Gasteiger partial charge in [0.25, 0.3) is 0 Å². The number of nitrogens with zero attached hydrogens (tertiary/aromatic N) is 1. The van der Waals surface area contributed by atoms with Crippen molar-refractivity contribution in [3.8, 4) is 0 Å². The molecule has 0 aliphatic carbocycles. The van der Waals surface area contributed by atoms with Gasteiger partial charge in [0.2, 0.25) is 5.91 Å². The van der Waals surface area contributed by atoms with Gasteiger partial charge in [-0.1, -0.05) is 6.07 Å². The monoisotopic (exact) mass is 179 g/mol. The predicted molar refractivity (Wildman–Crippen MR) is 49.7 cm³/mol. The molecule has 1 rings (SSSR count). The van der Waals surface area contributed by atoms with Gasteiger partial charge < -0.3 is 11.1 Å². The second kappa shape index (κ2) is 4.57. The standard InChI is InChI=1S/C9H13N3O/c1-7(10)9(13)12-6-8-3-2-4-11-5-8/h2-5,7H,6,10H2,1H3,(H,12,13)/t7-/m1/s1. The third-order valence-corrected chi connectivity index (χ3v) is 1.60. The summed E-state index contributed by atoms with van der Waals surface area (Å²) in [6, 6.07) is 3.26. The molecular weight excluding hydrogens is 166 g/mol. The van der Waals surface area contributed by atoms with Gasteiger partial charge in [0, 0.05) is 18.9 Å². The summed E-state index contributed by atoms with van der Waals surface area (Å²) in [6.07, 6.45) is 3.40. The van der Waals surface area contributed by atoms with E-state index in [1.54, 1.807) is 19.3 Å². The summed E-state index contributed by atoms with van der Waals surface area (Å²) in [5, 5.41) is 2.69. The average Bonchev–Trinajstić information content (AvgIpc) is 2.15. The quantitative estimate of drug-likeness (QED) is 0.688. The molecule has 0 aliphatic heterocycles. The highest BCUT2D eigenvalue weighted by Crippen LogP contribution is 1.94. The van der Waals surface area contributed by atoms with Crippen LogP contribution in [0.2, 0.25) is 0 Å². The van der Waals surface area contributed by atoms with E-state index >= 15 is 0 Å². The molecule has 0 radical (unpaired) electrons. The first-order valence-corrected chi connectivity index (χ1v) is 4.12. The number of carbonyl (C=O) groups is 1. The second-order valence-electron chi connectivity index (χ2n) is 2.87. The summed E-state index contributed by atoms with van der Waals surface area (Å²) < 4.78 is 0. The molecular formula is C9H13N3O. The lowest BCUT2D eigenvalue weighted by Crippen LogP contribution is -2.37. The van der Waals surface area contributed by atoms with Crippen LogP contribution in [0, 0.1) is 0 Å². The lowest BCUT2D eigenvalue weighted by molar-refractivity contribution is -0.122. The van der Waals surface area contributed by atoms with Crippen molar-refractivity contribution in [2.24, 2.45) is 5.73 Å². The van der Waals surface area contributed by atoms with Crippen molar-refractivity contribution in [2.45, 2.75) is 19.5 Å². The van der Waals surface area contributed by atoms with Crippen LogP contribution in [0.1, 0.15) is 12.5 Å². The van der Waals surface area contributed by atoms with E-state index in [1.165, 1.54) is 0 Å². The van der Waals surface area contributed by atoms with Gasteiger partial charge in [-0.15, -0.1) is 0 Å². The van der Waals surface area contributed by atoms with E-state index in [-0.39, 0.29) is 5.91 Å². The normalized spacial score (nSPS) is 12.2. The average molecular weight is 179 g/mol. The summed E-state index contributed by atoms with van der Waals surface area (Å²) in [6.45, 7) is 2.13. The number of hydrogen-bond donors (Lipinski definition) is 2. The Balaban J connectivity index is 2.40. The van der Waals surface area contributed by atoms with E-state index in [2.05, 4.69) is 10.3 Å². The van der Waals surface area contributed by atoms with Crippen LogP contribution in [-0.2, 0) is 11.3 Å². The van der Waals surface area contributed by atoms with Crippen LogP contribution >= 0.6 is 0 Å². The van der Waals surface area contributed by atoms with Gasteiger partial charge in [-0.25, -0.2) is 0 Å². The van der Waals surface area contributed by atoms with Crippen LogP contribution in [0.5, 0.6) is 0 Å². The number of pyridine rings is 1. The van der Waals surface area contributed by atoms with Gasteiger partial charge in [-0.3, -0.25) is 9.78 Å². The zero-order chi connectivity index (χ0) is 9.68. The van der Waals surface area contributed by atoms with Crippen LogP contribution in [0.15, 0.2) is 24.5 Å². The summed E-state index contributed by atoms with van der Waals surface area (Å²) in [7, 11) is 0. The third-order valence-electron chi connectivity index (χ3n) is 1.60. The topological polar surface area (TPSA) is 68.0 Å². The molecule has 1 amide bonds. The minimum atomic E-state index is -0.461. The number of rotatable bonds is 3. The summed E-state index contributed by atoms with van der Waals surface area (Å²) in [5.74, 6) is -0.149. The van der Waals surface area contributed by atoms with Crippen molar-refractivity contribution >= 4 is 5.91 Å². The summed E-state index contributed by atoms with van der Waals surface area (Å²) in [5.41, 5.74) is 6.34. The van der Waals surface area contributed by atoms with Gasteiger partial charge in [-0.05, 0) is 18.6 Å². The fourth-order valence-corrected chi connectivity index (χ4v) is 0.853. The highest BCUT2D eigenvalue weighted by molar-refractivity contribution is 5.80. The largest absolute Gasteiger partial charge is 0.351 e. The molecule has 1 heterocycles. The predicted octanol–water partition coefficient (Wildman–Crippen LogP) is 0.0450. The molecule has 0 bridgehead atoms. The Hall–Kier alpha value is -1.42. The van der Waals surface area contributed by atoms with E-state index in [1.807, 2.05) is 12.1 Å². The van der Waals surface area contributed by atoms with E-state index < -0.39 is 6.04 Å². The number of nitrogens with one attached hydrogen (secondary N) is 1.